The van der Waals surface area contributed by atoms with Gasteiger partial charge in [0.2, 0.25) is 0 Å². The van der Waals surface area contributed by atoms with Gasteiger partial charge in [-0.15, -0.1) is 0 Å². The van der Waals surface area contributed by atoms with E-state index in [0.29, 0.717) is 18.4 Å². The molecule has 0 saturated heterocycles. The molecule has 1 atom stereocenters. The number of rotatable bonds is 3. The van der Waals surface area contributed by atoms with Crippen LogP contribution in [0, 0.1) is 5.82 Å². The van der Waals surface area contributed by atoms with Gasteiger partial charge in [-0.2, -0.15) is 0 Å². The third-order valence-corrected chi connectivity index (χ3v) is 1.87. The Morgan fingerprint density at radius 3 is 2.77 bits per heavy atom. The Morgan fingerprint density at radius 2 is 2.15 bits per heavy atom. The Balaban J connectivity index is 2.70. The predicted octanol–water partition coefficient (Wildman–Crippen LogP) is 1.84. The largest absolute Gasteiger partial charge is 0.508 e. The first-order valence-electron chi connectivity index (χ1n) is 4.25. The highest BCUT2D eigenvalue weighted by Gasteiger charge is 2.04. The lowest BCUT2D eigenvalue weighted by Crippen LogP contribution is -2.01. The summed E-state index contributed by atoms with van der Waals surface area (Å²) in [5.41, 5.74) is 0.543. The molecule has 72 valence electrons. The van der Waals surface area contributed by atoms with Crippen molar-refractivity contribution in [2.24, 2.45) is 0 Å². The van der Waals surface area contributed by atoms with Gasteiger partial charge in [0.15, 0.2) is 0 Å². The van der Waals surface area contributed by atoms with Crippen molar-refractivity contribution in [3.8, 4) is 5.75 Å². The Labute approximate surface area is 76.6 Å². The van der Waals surface area contributed by atoms with Gasteiger partial charge in [0.25, 0.3) is 0 Å². The Bertz CT molecular complexity index is 284. The maximum absolute atomic E-state index is 12.7. The highest BCUT2D eigenvalue weighted by molar-refractivity contribution is 5.32. The standard InChI is InChI=1S/C10H13FO2/c1-7(12)2-3-8-6-9(11)4-5-10(8)13/h4-7,12-13H,2-3H2,1H3/t7-/m0/s1. The summed E-state index contributed by atoms with van der Waals surface area (Å²) in [4.78, 5) is 0. The van der Waals surface area contributed by atoms with Crippen LogP contribution in [0.1, 0.15) is 18.9 Å². The van der Waals surface area contributed by atoms with Crippen molar-refractivity contribution < 1.29 is 14.6 Å². The summed E-state index contributed by atoms with van der Waals surface area (Å²) in [5, 5.41) is 18.3. The SMILES string of the molecule is C[C@H](O)CCc1cc(F)ccc1O. The molecular weight excluding hydrogens is 171 g/mol. The van der Waals surface area contributed by atoms with Gasteiger partial charge in [0.05, 0.1) is 6.10 Å². The minimum Gasteiger partial charge on any atom is -0.508 e. The highest BCUT2D eigenvalue weighted by atomic mass is 19.1. The second kappa shape index (κ2) is 4.23. The van der Waals surface area contributed by atoms with Crippen LogP contribution in [-0.4, -0.2) is 16.3 Å². The van der Waals surface area contributed by atoms with E-state index in [1.807, 2.05) is 0 Å². The van der Waals surface area contributed by atoms with Gasteiger partial charge in [-0.25, -0.2) is 4.39 Å². The van der Waals surface area contributed by atoms with E-state index in [0.717, 1.165) is 0 Å². The average Bonchev–Trinajstić information content (AvgIpc) is 2.06. The van der Waals surface area contributed by atoms with E-state index < -0.39 is 6.10 Å². The van der Waals surface area contributed by atoms with Crippen molar-refractivity contribution in [3.05, 3.63) is 29.6 Å². The van der Waals surface area contributed by atoms with Crippen LogP contribution in [0.4, 0.5) is 4.39 Å². The molecule has 0 heterocycles. The average molecular weight is 184 g/mol. The first-order chi connectivity index (χ1) is 6.09. The Morgan fingerprint density at radius 1 is 1.46 bits per heavy atom. The van der Waals surface area contributed by atoms with E-state index >= 15 is 0 Å². The molecule has 0 unspecified atom stereocenters. The smallest absolute Gasteiger partial charge is 0.123 e. The van der Waals surface area contributed by atoms with Crippen LogP contribution >= 0.6 is 0 Å². The molecule has 0 saturated carbocycles. The van der Waals surface area contributed by atoms with Crippen molar-refractivity contribution in [1.29, 1.82) is 0 Å². The summed E-state index contributed by atoms with van der Waals surface area (Å²) in [6.07, 6.45) is 0.584. The monoisotopic (exact) mass is 184 g/mol. The number of halogens is 1. The lowest BCUT2D eigenvalue weighted by Gasteiger charge is -2.06. The zero-order valence-electron chi connectivity index (χ0n) is 7.50. The summed E-state index contributed by atoms with van der Waals surface area (Å²) in [6.45, 7) is 1.66. The molecule has 0 radical (unpaired) electrons. The summed E-state index contributed by atoms with van der Waals surface area (Å²) in [6, 6.07) is 3.83. The molecule has 0 spiro atoms. The molecule has 0 amide bonds. The van der Waals surface area contributed by atoms with Gasteiger partial charge in [0.1, 0.15) is 11.6 Å². The number of hydrogen-bond donors (Lipinski definition) is 2. The zero-order valence-corrected chi connectivity index (χ0v) is 7.50. The highest BCUT2D eigenvalue weighted by Crippen LogP contribution is 2.19. The van der Waals surface area contributed by atoms with Crippen molar-refractivity contribution in [3.63, 3.8) is 0 Å². The van der Waals surface area contributed by atoms with Gasteiger partial charge in [-0.3, -0.25) is 0 Å². The van der Waals surface area contributed by atoms with E-state index in [-0.39, 0.29) is 11.6 Å². The van der Waals surface area contributed by atoms with Gasteiger partial charge in [-0.05, 0) is 43.5 Å². The predicted molar refractivity (Wildman–Crippen MR) is 48.1 cm³/mol. The van der Waals surface area contributed by atoms with Gasteiger partial charge >= 0.3 is 0 Å². The molecule has 0 aromatic heterocycles. The van der Waals surface area contributed by atoms with Crippen LogP contribution in [-0.2, 0) is 6.42 Å². The lowest BCUT2D eigenvalue weighted by molar-refractivity contribution is 0.184. The number of aromatic hydroxyl groups is 1. The first kappa shape index (κ1) is 9.99. The third-order valence-electron chi connectivity index (χ3n) is 1.87. The van der Waals surface area contributed by atoms with Crippen molar-refractivity contribution in [2.75, 3.05) is 0 Å². The summed E-state index contributed by atoms with van der Waals surface area (Å²) >= 11 is 0. The quantitative estimate of drug-likeness (QED) is 0.752. The molecule has 1 aromatic rings. The third kappa shape index (κ3) is 3.03. The van der Waals surface area contributed by atoms with E-state index in [1.165, 1.54) is 18.2 Å². The van der Waals surface area contributed by atoms with Crippen LogP contribution in [0.2, 0.25) is 0 Å². The molecule has 0 aliphatic carbocycles. The van der Waals surface area contributed by atoms with Crippen LogP contribution < -0.4 is 0 Å². The number of phenols is 1. The van der Waals surface area contributed by atoms with Crippen LogP contribution in [0.3, 0.4) is 0 Å². The molecule has 0 bridgehead atoms. The Hall–Kier alpha value is -1.09. The maximum atomic E-state index is 12.7. The summed E-state index contributed by atoms with van der Waals surface area (Å²) in [5.74, 6) is -0.277. The van der Waals surface area contributed by atoms with Gasteiger partial charge in [0, 0.05) is 0 Å². The number of hydrogen-bond acceptors (Lipinski definition) is 2. The van der Waals surface area contributed by atoms with Crippen LogP contribution in [0.25, 0.3) is 0 Å². The fourth-order valence-electron chi connectivity index (χ4n) is 1.12. The molecule has 1 rings (SSSR count). The van der Waals surface area contributed by atoms with Crippen LogP contribution in [0.15, 0.2) is 18.2 Å². The van der Waals surface area contributed by atoms with E-state index in [4.69, 9.17) is 5.11 Å². The fourth-order valence-corrected chi connectivity index (χ4v) is 1.12. The van der Waals surface area contributed by atoms with Crippen molar-refractivity contribution in [2.45, 2.75) is 25.9 Å². The number of aliphatic hydroxyl groups is 1. The molecule has 0 aliphatic rings. The molecule has 13 heavy (non-hydrogen) atoms. The second-order valence-electron chi connectivity index (χ2n) is 3.16. The topological polar surface area (TPSA) is 40.5 Å². The molecule has 1 aromatic carbocycles. The molecule has 0 fully saturated rings. The minimum absolute atomic E-state index is 0.0852. The number of benzene rings is 1. The first-order valence-corrected chi connectivity index (χ1v) is 4.25. The Kier molecular flexibility index (Phi) is 3.25. The summed E-state index contributed by atoms with van der Waals surface area (Å²) < 4.78 is 12.7. The van der Waals surface area contributed by atoms with E-state index in [9.17, 15) is 9.50 Å². The van der Waals surface area contributed by atoms with Crippen molar-refractivity contribution >= 4 is 0 Å². The molecule has 2 N–H and O–H groups in total. The molecule has 0 aliphatic heterocycles. The second-order valence-corrected chi connectivity index (χ2v) is 3.16. The fraction of sp³-hybridized carbons (Fsp3) is 0.400. The van der Waals surface area contributed by atoms with Crippen molar-refractivity contribution in [1.82, 2.24) is 0 Å². The summed E-state index contributed by atoms with van der Waals surface area (Å²) in [7, 11) is 0. The zero-order chi connectivity index (χ0) is 9.84. The van der Waals surface area contributed by atoms with Gasteiger partial charge in [-0.1, -0.05) is 0 Å². The number of phenolic OH excluding ortho intramolecular Hbond substituents is 1. The van der Waals surface area contributed by atoms with Gasteiger partial charge < -0.3 is 10.2 Å². The normalized spacial score (nSPS) is 12.8. The van der Waals surface area contributed by atoms with E-state index in [2.05, 4.69) is 0 Å². The van der Waals surface area contributed by atoms with E-state index in [1.54, 1.807) is 6.92 Å². The molecule has 2 nitrogen and oxygen atoms in total. The molecular formula is C10H13FO2. The molecule has 3 heteroatoms. The minimum atomic E-state index is -0.428. The lowest BCUT2D eigenvalue weighted by atomic mass is 10.1. The number of aryl methyl sites for hydroxylation is 1. The van der Waals surface area contributed by atoms with Crippen LogP contribution in [0.5, 0.6) is 5.75 Å². The number of aliphatic hydroxyl groups excluding tert-OH is 1. The maximum Gasteiger partial charge on any atom is 0.123 e.